The normalized spacial score (nSPS) is 11.7. The molecule has 0 aliphatic rings. The Labute approximate surface area is 122 Å². The predicted molar refractivity (Wildman–Crippen MR) is 74.6 cm³/mol. The van der Waals surface area contributed by atoms with Gasteiger partial charge in [0.15, 0.2) is 11.6 Å². The van der Waals surface area contributed by atoms with Gasteiger partial charge in [-0.2, -0.15) is 8.75 Å². The summed E-state index contributed by atoms with van der Waals surface area (Å²) >= 11 is 0.892. The molecule has 1 heterocycles. The molecule has 5 nitrogen and oxygen atoms in total. The molecule has 1 N–H and O–H groups in total. The standard InChI is InChI=1S/C12H7F2N3O2S2/c13-8-5-4-7(6-9(8)14)17-21(18,19)11-3-1-2-10-12(11)16-20-15-10/h1-6,17H. The van der Waals surface area contributed by atoms with E-state index in [0.717, 1.165) is 29.9 Å². The lowest BCUT2D eigenvalue weighted by molar-refractivity contribution is 0.509. The summed E-state index contributed by atoms with van der Waals surface area (Å²) in [5, 5.41) is 0. The molecule has 0 unspecified atom stereocenters. The average Bonchev–Trinajstić information content (AvgIpc) is 2.90. The van der Waals surface area contributed by atoms with Crippen molar-refractivity contribution in [3.8, 4) is 0 Å². The lowest BCUT2D eigenvalue weighted by Crippen LogP contribution is -2.13. The summed E-state index contributed by atoms with van der Waals surface area (Å²) in [7, 11) is -3.97. The van der Waals surface area contributed by atoms with Crippen LogP contribution in [0.15, 0.2) is 41.3 Å². The molecule has 2 aromatic carbocycles. The van der Waals surface area contributed by atoms with E-state index in [0.29, 0.717) is 5.52 Å². The van der Waals surface area contributed by atoms with Gasteiger partial charge in [0.2, 0.25) is 0 Å². The molecule has 108 valence electrons. The molecule has 0 amide bonds. The van der Waals surface area contributed by atoms with Gasteiger partial charge < -0.3 is 0 Å². The Morgan fingerprint density at radius 1 is 1.05 bits per heavy atom. The Morgan fingerprint density at radius 3 is 2.62 bits per heavy atom. The number of hydrogen-bond donors (Lipinski definition) is 1. The minimum atomic E-state index is -3.97. The van der Waals surface area contributed by atoms with Gasteiger partial charge in [0.05, 0.1) is 17.4 Å². The summed E-state index contributed by atoms with van der Waals surface area (Å²) in [6.45, 7) is 0. The molecule has 3 rings (SSSR count). The first kappa shape index (κ1) is 13.8. The molecule has 0 radical (unpaired) electrons. The van der Waals surface area contributed by atoms with Gasteiger partial charge in [0.1, 0.15) is 15.9 Å². The second kappa shape index (κ2) is 5.01. The highest BCUT2D eigenvalue weighted by Crippen LogP contribution is 2.24. The van der Waals surface area contributed by atoms with Crippen molar-refractivity contribution in [3.63, 3.8) is 0 Å². The molecule has 0 fully saturated rings. The van der Waals surface area contributed by atoms with Crippen LogP contribution in [-0.2, 0) is 10.0 Å². The number of benzene rings is 2. The Bertz CT molecular complexity index is 925. The van der Waals surface area contributed by atoms with Crippen molar-refractivity contribution in [2.24, 2.45) is 0 Å². The van der Waals surface area contributed by atoms with Crippen molar-refractivity contribution in [1.29, 1.82) is 0 Å². The third kappa shape index (κ3) is 2.57. The fraction of sp³-hybridized carbons (Fsp3) is 0. The van der Waals surface area contributed by atoms with Gasteiger partial charge in [-0.15, -0.1) is 0 Å². The van der Waals surface area contributed by atoms with Gasteiger partial charge in [-0.05, 0) is 24.3 Å². The first-order valence-corrected chi connectivity index (χ1v) is 7.88. The molecule has 1 aromatic heterocycles. The summed E-state index contributed by atoms with van der Waals surface area (Å²) < 4.78 is 60.7. The summed E-state index contributed by atoms with van der Waals surface area (Å²) in [5.74, 6) is -2.19. The zero-order chi connectivity index (χ0) is 15.0. The molecular formula is C12H7F2N3O2S2. The second-order valence-electron chi connectivity index (χ2n) is 4.12. The van der Waals surface area contributed by atoms with Gasteiger partial charge in [-0.3, -0.25) is 4.72 Å². The van der Waals surface area contributed by atoms with Crippen molar-refractivity contribution in [2.75, 3.05) is 4.72 Å². The van der Waals surface area contributed by atoms with Crippen LogP contribution in [0.25, 0.3) is 11.0 Å². The Morgan fingerprint density at radius 2 is 1.86 bits per heavy atom. The average molecular weight is 327 g/mol. The van der Waals surface area contributed by atoms with Crippen molar-refractivity contribution in [2.45, 2.75) is 4.90 Å². The lowest BCUT2D eigenvalue weighted by atomic mass is 10.3. The molecule has 0 bridgehead atoms. The molecule has 0 atom stereocenters. The van der Waals surface area contributed by atoms with E-state index in [-0.39, 0.29) is 16.1 Å². The first-order chi connectivity index (χ1) is 9.97. The van der Waals surface area contributed by atoms with Crippen LogP contribution in [0.3, 0.4) is 0 Å². The highest BCUT2D eigenvalue weighted by atomic mass is 32.2. The van der Waals surface area contributed by atoms with Gasteiger partial charge in [0.25, 0.3) is 10.0 Å². The van der Waals surface area contributed by atoms with E-state index in [2.05, 4.69) is 13.5 Å². The lowest BCUT2D eigenvalue weighted by Gasteiger charge is -2.08. The van der Waals surface area contributed by atoms with E-state index in [9.17, 15) is 17.2 Å². The molecule has 0 saturated heterocycles. The number of anilines is 1. The molecule has 0 aliphatic heterocycles. The van der Waals surface area contributed by atoms with E-state index in [1.807, 2.05) is 0 Å². The van der Waals surface area contributed by atoms with Crippen LogP contribution in [0, 0.1) is 11.6 Å². The number of aromatic nitrogens is 2. The quantitative estimate of drug-likeness (QED) is 0.803. The van der Waals surface area contributed by atoms with E-state index < -0.39 is 21.7 Å². The van der Waals surface area contributed by atoms with Crippen molar-refractivity contribution < 1.29 is 17.2 Å². The number of sulfonamides is 1. The first-order valence-electron chi connectivity index (χ1n) is 5.66. The van der Waals surface area contributed by atoms with Crippen LogP contribution in [0.1, 0.15) is 0 Å². The zero-order valence-electron chi connectivity index (χ0n) is 10.2. The predicted octanol–water partition coefficient (Wildman–Crippen LogP) is 2.77. The highest BCUT2D eigenvalue weighted by Gasteiger charge is 2.20. The maximum absolute atomic E-state index is 13.1. The Hall–Kier alpha value is -2.13. The van der Waals surface area contributed by atoms with Gasteiger partial charge >= 0.3 is 0 Å². The summed E-state index contributed by atoms with van der Waals surface area (Å²) in [6, 6.07) is 7.28. The van der Waals surface area contributed by atoms with E-state index in [1.165, 1.54) is 12.1 Å². The van der Waals surface area contributed by atoms with Crippen LogP contribution in [0.4, 0.5) is 14.5 Å². The fourth-order valence-corrected chi connectivity index (χ4v) is 3.59. The van der Waals surface area contributed by atoms with Crippen molar-refractivity contribution in [1.82, 2.24) is 8.75 Å². The number of nitrogens with one attached hydrogen (secondary N) is 1. The van der Waals surface area contributed by atoms with Crippen LogP contribution < -0.4 is 4.72 Å². The molecule has 0 aliphatic carbocycles. The molecule has 0 spiro atoms. The Balaban J connectivity index is 2.04. The minimum Gasteiger partial charge on any atom is -0.279 e. The Kier molecular flexibility index (Phi) is 3.30. The second-order valence-corrected chi connectivity index (χ2v) is 6.30. The molecule has 9 heteroatoms. The number of hydrogen-bond acceptors (Lipinski definition) is 5. The van der Waals surface area contributed by atoms with Crippen LogP contribution in [-0.4, -0.2) is 17.2 Å². The topological polar surface area (TPSA) is 72.0 Å². The zero-order valence-corrected chi connectivity index (χ0v) is 11.9. The highest BCUT2D eigenvalue weighted by molar-refractivity contribution is 7.93. The molecular weight excluding hydrogens is 320 g/mol. The minimum absolute atomic E-state index is 0.0708. The van der Waals surface area contributed by atoms with E-state index >= 15 is 0 Å². The van der Waals surface area contributed by atoms with Gasteiger partial charge in [-0.25, -0.2) is 17.2 Å². The van der Waals surface area contributed by atoms with Gasteiger partial charge in [-0.1, -0.05) is 6.07 Å². The smallest absolute Gasteiger partial charge is 0.264 e. The van der Waals surface area contributed by atoms with E-state index in [1.54, 1.807) is 6.07 Å². The third-order valence-corrected chi connectivity index (χ3v) is 4.67. The monoisotopic (exact) mass is 327 g/mol. The number of halogens is 2. The maximum Gasteiger partial charge on any atom is 0.264 e. The van der Waals surface area contributed by atoms with Crippen molar-refractivity contribution >= 4 is 38.5 Å². The molecule has 0 saturated carbocycles. The van der Waals surface area contributed by atoms with Crippen LogP contribution >= 0.6 is 11.7 Å². The van der Waals surface area contributed by atoms with E-state index in [4.69, 9.17) is 0 Å². The number of nitrogens with zero attached hydrogens (tertiary/aromatic N) is 2. The SMILES string of the molecule is O=S(=O)(Nc1ccc(F)c(F)c1)c1cccc2nsnc12. The van der Waals surface area contributed by atoms with Gasteiger partial charge in [0, 0.05) is 6.07 Å². The number of fused-ring (bicyclic) bond motifs is 1. The number of rotatable bonds is 3. The van der Waals surface area contributed by atoms with Crippen molar-refractivity contribution in [3.05, 3.63) is 48.0 Å². The summed E-state index contributed by atoms with van der Waals surface area (Å²) in [5.41, 5.74) is 0.611. The molecule has 21 heavy (non-hydrogen) atoms. The van der Waals surface area contributed by atoms with Crippen LogP contribution in [0.2, 0.25) is 0 Å². The summed E-state index contributed by atoms with van der Waals surface area (Å²) in [6.07, 6.45) is 0. The summed E-state index contributed by atoms with van der Waals surface area (Å²) in [4.78, 5) is -0.0708. The van der Waals surface area contributed by atoms with Crippen LogP contribution in [0.5, 0.6) is 0 Å². The maximum atomic E-state index is 13.1. The molecule has 3 aromatic rings. The fourth-order valence-electron chi connectivity index (χ4n) is 1.77. The third-order valence-electron chi connectivity index (χ3n) is 2.71. The largest absolute Gasteiger partial charge is 0.279 e.